The molecule has 2 aliphatic rings. The minimum absolute atomic E-state index is 0.295. The second kappa shape index (κ2) is 7.26. The molecule has 26 heavy (non-hydrogen) atoms. The van der Waals surface area contributed by atoms with Crippen LogP contribution in [0.5, 0.6) is 0 Å². The second-order valence-corrected chi connectivity index (χ2v) is 7.20. The summed E-state index contributed by atoms with van der Waals surface area (Å²) in [4.78, 5) is 12.6. The Morgan fingerprint density at radius 3 is 2.77 bits per heavy atom. The summed E-state index contributed by atoms with van der Waals surface area (Å²) in [6, 6.07) is 0. The highest BCUT2D eigenvalue weighted by Gasteiger charge is 2.37. The fraction of sp³-hybridized carbons (Fsp3) is 0.444. The largest absolute Gasteiger partial charge is 0.461 e. The summed E-state index contributed by atoms with van der Waals surface area (Å²) >= 11 is 6.00. The lowest BCUT2D eigenvalue weighted by atomic mass is 9.87. The molecular formula is C18H24ClN5O2. The van der Waals surface area contributed by atoms with Crippen molar-refractivity contribution in [3.05, 3.63) is 46.4 Å². The van der Waals surface area contributed by atoms with E-state index in [4.69, 9.17) is 32.9 Å². The van der Waals surface area contributed by atoms with Crippen LogP contribution in [0, 0.1) is 0 Å². The number of allylic oxidation sites excluding steroid dienone is 4. The van der Waals surface area contributed by atoms with Crippen molar-refractivity contribution in [2.75, 3.05) is 19.7 Å². The van der Waals surface area contributed by atoms with Crippen LogP contribution in [0.25, 0.3) is 5.57 Å². The molecule has 1 aromatic rings. The van der Waals surface area contributed by atoms with Crippen molar-refractivity contribution < 1.29 is 9.53 Å². The van der Waals surface area contributed by atoms with Gasteiger partial charge in [0.05, 0.1) is 24.4 Å². The van der Waals surface area contributed by atoms with Gasteiger partial charge >= 0.3 is 5.97 Å². The molecule has 0 atom stereocenters. The number of hydrogen-bond donors (Lipinski definition) is 3. The van der Waals surface area contributed by atoms with E-state index in [1.165, 1.54) is 0 Å². The predicted octanol–water partition coefficient (Wildman–Crippen LogP) is 1.29. The van der Waals surface area contributed by atoms with Crippen molar-refractivity contribution in [1.82, 2.24) is 15.1 Å². The molecule has 8 heteroatoms. The van der Waals surface area contributed by atoms with Gasteiger partial charge in [0.25, 0.3) is 0 Å². The molecule has 2 heterocycles. The summed E-state index contributed by atoms with van der Waals surface area (Å²) in [7, 11) is 0. The molecule has 1 saturated heterocycles. The van der Waals surface area contributed by atoms with Crippen LogP contribution in [0.2, 0.25) is 0 Å². The molecule has 3 rings (SSSR count). The van der Waals surface area contributed by atoms with Gasteiger partial charge < -0.3 is 21.5 Å². The van der Waals surface area contributed by atoms with Crippen LogP contribution >= 0.6 is 11.6 Å². The predicted molar refractivity (Wildman–Crippen MR) is 102 cm³/mol. The molecule has 0 bridgehead atoms. The molecule has 1 aliphatic carbocycles. The first-order valence-corrected chi connectivity index (χ1v) is 9.00. The molecule has 7 nitrogen and oxygen atoms in total. The summed E-state index contributed by atoms with van der Waals surface area (Å²) in [5.41, 5.74) is 15.4. The third-order valence-corrected chi connectivity index (χ3v) is 4.79. The molecular weight excluding hydrogens is 354 g/mol. The Bertz CT molecular complexity index is 805. The van der Waals surface area contributed by atoms with Gasteiger partial charge in [-0.1, -0.05) is 18.2 Å². The molecule has 1 aliphatic heterocycles. The quantitative estimate of drug-likeness (QED) is 0.667. The number of fused-ring (bicyclic) bond motifs is 1. The standard InChI is InChI=1S/C18H24ClN5O2/c1-3-26-17(25)16-13-5-4-12(7-20)14(6-11(2)19)15(13)23-24(16)10-18(21)8-22-9-18/h6-7,22H,2-5,8-10,20-21H2,1H3/b12-7-,14-6?. The van der Waals surface area contributed by atoms with Crippen LogP contribution in [-0.4, -0.2) is 41.0 Å². The van der Waals surface area contributed by atoms with Crippen LogP contribution in [0.3, 0.4) is 0 Å². The fourth-order valence-corrected chi connectivity index (χ4v) is 3.50. The van der Waals surface area contributed by atoms with Crippen LogP contribution < -0.4 is 16.8 Å². The Morgan fingerprint density at radius 1 is 1.50 bits per heavy atom. The van der Waals surface area contributed by atoms with Crippen molar-refractivity contribution in [2.45, 2.75) is 31.8 Å². The second-order valence-electron chi connectivity index (χ2n) is 6.72. The van der Waals surface area contributed by atoms with Crippen LogP contribution in [-0.2, 0) is 17.7 Å². The molecule has 140 valence electrons. The number of carbonyl (C=O) groups excluding carboxylic acids is 1. The van der Waals surface area contributed by atoms with E-state index in [0.29, 0.717) is 55.5 Å². The number of esters is 1. The maximum absolute atomic E-state index is 12.6. The number of nitrogens with two attached hydrogens (primary N) is 2. The highest BCUT2D eigenvalue weighted by Crippen LogP contribution is 2.37. The number of halogens is 1. The number of carbonyl (C=O) groups is 1. The molecule has 0 unspecified atom stereocenters. The van der Waals surface area contributed by atoms with E-state index in [9.17, 15) is 4.79 Å². The van der Waals surface area contributed by atoms with Crippen molar-refractivity contribution in [2.24, 2.45) is 11.5 Å². The van der Waals surface area contributed by atoms with E-state index < -0.39 is 5.54 Å². The Kier molecular flexibility index (Phi) is 5.22. The number of ether oxygens (including phenoxy) is 1. The number of aromatic nitrogens is 2. The molecule has 0 saturated carbocycles. The highest BCUT2D eigenvalue weighted by molar-refractivity contribution is 6.31. The monoisotopic (exact) mass is 377 g/mol. The van der Waals surface area contributed by atoms with Gasteiger partial charge in [0.15, 0.2) is 0 Å². The van der Waals surface area contributed by atoms with Crippen LogP contribution in [0.15, 0.2) is 29.5 Å². The Labute approximate surface area is 157 Å². The van der Waals surface area contributed by atoms with Gasteiger partial charge in [-0.05, 0) is 37.6 Å². The number of hydrogen-bond acceptors (Lipinski definition) is 6. The third-order valence-electron chi connectivity index (χ3n) is 4.69. The number of nitrogens with one attached hydrogen (secondary N) is 1. The summed E-state index contributed by atoms with van der Waals surface area (Å²) in [5, 5.41) is 8.23. The van der Waals surface area contributed by atoms with E-state index >= 15 is 0 Å². The lowest BCUT2D eigenvalue weighted by Crippen LogP contribution is -2.67. The normalized spacial score (nSPS) is 21.3. The van der Waals surface area contributed by atoms with Crippen molar-refractivity contribution in [3.63, 3.8) is 0 Å². The molecule has 0 spiro atoms. The van der Waals surface area contributed by atoms with Crippen LogP contribution in [0.4, 0.5) is 0 Å². The molecule has 0 radical (unpaired) electrons. The van der Waals surface area contributed by atoms with Gasteiger partial charge in [0, 0.05) is 29.3 Å². The number of rotatable bonds is 5. The first-order valence-electron chi connectivity index (χ1n) is 8.62. The SMILES string of the molecule is C=C(Cl)C=C1/C(=C\N)CCc2c1nn(CC1(N)CNC1)c2C(=O)OCC. The zero-order chi connectivity index (χ0) is 18.9. The molecule has 0 amide bonds. The minimum atomic E-state index is -0.428. The maximum atomic E-state index is 12.6. The summed E-state index contributed by atoms with van der Waals surface area (Å²) in [5.74, 6) is -0.388. The Balaban J connectivity index is 2.13. The first kappa shape index (κ1) is 18.7. The minimum Gasteiger partial charge on any atom is -0.461 e. The van der Waals surface area contributed by atoms with Gasteiger partial charge in [-0.3, -0.25) is 4.68 Å². The highest BCUT2D eigenvalue weighted by atomic mass is 35.5. The summed E-state index contributed by atoms with van der Waals surface area (Å²) in [6.07, 6.45) is 4.62. The van der Waals surface area contributed by atoms with E-state index in [2.05, 4.69) is 11.9 Å². The van der Waals surface area contributed by atoms with Crippen molar-refractivity contribution >= 4 is 23.1 Å². The molecule has 0 aromatic carbocycles. The summed E-state index contributed by atoms with van der Waals surface area (Å²) in [6.45, 7) is 7.59. The van der Waals surface area contributed by atoms with E-state index in [-0.39, 0.29) is 5.97 Å². The first-order chi connectivity index (χ1) is 12.4. The smallest absolute Gasteiger partial charge is 0.356 e. The topological polar surface area (TPSA) is 108 Å². The van der Waals surface area contributed by atoms with Gasteiger partial charge in [-0.15, -0.1) is 0 Å². The third kappa shape index (κ3) is 3.42. The van der Waals surface area contributed by atoms with E-state index in [0.717, 1.165) is 16.7 Å². The van der Waals surface area contributed by atoms with Gasteiger partial charge in [0.2, 0.25) is 0 Å². The zero-order valence-corrected chi connectivity index (χ0v) is 15.6. The van der Waals surface area contributed by atoms with Gasteiger partial charge in [0.1, 0.15) is 5.69 Å². The lowest BCUT2D eigenvalue weighted by molar-refractivity contribution is 0.0507. The average molecular weight is 378 g/mol. The average Bonchev–Trinajstić information content (AvgIpc) is 2.91. The zero-order valence-electron chi connectivity index (χ0n) is 14.8. The van der Waals surface area contributed by atoms with E-state index in [1.807, 2.05) is 0 Å². The maximum Gasteiger partial charge on any atom is 0.356 e. The summed E-state index contributed by atoms with van der Waals surface area (Å²) < 4.78 is 6.94. The number of nitrogens with zero attached hydrogens (tertiary/aromatic N) is 2. The van der Waals surface area contributed by atoms with E-state index in [1.54, 1.807) is 23.9 Å². The fourth-order valence-electron chi connectivity index (χ4n) is 3.39. The van der Waals surface area contributed by atoms with Crippen LogP contribution in [0.1, 0.15) is 35.1 Å². The molecule has 1 aromatic heterocycles. The Hall–Kier alpha value is -2.09. The molecule has 1 fully saturated rings. The Morgan fingerprint density at radius 2 is 2.23 bits per heavy atom. The van der Waals surface area contributed by atoms with Crippen molar-refractivity contribution in [1.29, 1.82) is 0 Å². The van der Waals surface area contributed by atoms with Gasteiger partial charge in [-0.25, -0.2) is 4.79 Å². The van der Waals surface area contributed by atoms with Gasteiger partial charge in [-0.2, -0.15) is 5.10 Å². The molecule has 5 N–H and O–H groups in total. The lowest BCUT2D eigenvalue weighted by Gasteiger charge is -2.39. The van der Waals surface area contributed by atoms with Crippen molar-refractivity contribution in [3.8, 4) is 0 Å².